The van der Waals surface area contributed by atoms with E-state index in [1.807, 2.05) is 20.8 Å². The van der Waals surface area contributed by atoms with Crippen LogP contribution in [-0.4, -0.2) is 28.5 Å². The minimum Gasteiger partial charge on any atom is -0.354 e. The summed E-state index contributed by atoms with van der Waals surface area (Å²) in [6.45, 7) is 8.44. The molecule has 25 heavy (non-hydrogen) atoms. The van der Waals surface area contributed by atoms with Crippen LogP contribution in [0.25, 0.3) is 0 Å². The number of rotatable bonds is 4. The average molecular weight is 339 g/mol. The van der Waals surface area contributed by atoms with Crippen LogP contribution >= 0.6 is 0 Å². The highest BCUT2D eigenvalue weighted by atomic mass is 16.2. The van der Waals surface area contributed by atoms with Crippen molar-refractivity contribution in [1.82, 2.24) is 14.8 Å². The van der Waals surface area contributed by atoms with E-state index < -0.39 is 0 Å². The van der Waals surface area contributed by atoms with E-state index in [1.54, 1.807) is 0 Å². The van der Waals surface area contributed by atoms with Gasteiger partial charge in [-0.05, 0) is 29.7 Å². The number of amides is 1. The van der Waals surface area contributed by atoms with Crippen molar-refractivity contribution >= 4 is 5.91 Å². The fourth-order valence-electron chi connectivity index (χ4n) is 3.48. The molecule has 0 aliphatic carbocycles. The van der Waals surface area contributed by atoms with Gasteiger partial charge in [0.05, 0.1) is 6.04 Å². The number of carbonyl (C=O) groups excluding carboxylic acids is 1. The highest BCUT2D eigenvalue weighted by Gasteiger charge is 2.28. The van der Waals surface area contributed by atoms with E-state index >= 15 is 0 Å². The largest absolute Gasteiger partial charge is 0.354 e. The van der Waals surface area contributed by atoms with E-state index in [2.05, 4.69) is 64.4 Å². The number of hydrogen-bond donors (Lipinski definition) is 1. The zero-order valence-corrected chi connectivity index (χ0v) is 15.7. The summed E-state index contributed by atoms with van der Waals surface area (Å²) in [7, 11) is 2.08. The summed E-state index contributed by atoms with van der Waals surface area (Å²) in [6.07, 6.45) is 3.14. The maximum absolute atomic E-state index is 12.4. The van der Waals surface area contributed by atoms with Crippen LogP contribution in [0.4, 0.5) is 0 Å². The third-order valence-corrected chi connectivity index (χ3v) is 5.06. The van der Waals surface area contributed by atoms with E-state index in [1.165, 1.54) is 16.8 Å². The molecule has 1 amide bonds. The molecule has 1 aliphatic heterocycles. The summed E-state index contributed by atoms with van der Waals surface area (Å²) < 4.78 is 2.16. The molecule has 3 rings (SSSR count). The summed E-state index contributed by atoms with van der Waals surface area (Å²) in [6, 6.07) is 13.1. The van der Waals surface area contributed by atoms with E-state index in [4.69, 9.17) is 0 Å². The van der Waals surface area contributed by atoms with Gasteiger partial charge < -0.3 is 9.88 Å². The molecule has 1 aromatic heterocycles. The molecule has 134 valence electrons. The first-order chi connectivity index (χ1) is 11.9. The molecule has 0 saturated heterocycles. The highest BCUT2D eigenvalue weighted by Crippen LogP contribution is 2.28. The lowest BCUT2D eigenvalue weighted by molar-refractivity contribution is -0.128. The molecule has 0 saturated carbocycles. The van der Waals surface area contributed by atoms with Crippen LogP contribution < -0.4 is 5.32 Å². The molecule has 1 atom stereocenters. The SMILES string of the molecule is Cn1cccc1C(CNC(=O)C(C)(C)C)N1CCc2ccccc2C1. The zero-order chi connectivity index (χ0) is 18.0. The lowest BCUT2D eigenvalue weighted by Gasteiger charge is -2.36. The number of nitrogens with one attached hydrogen (secondary N) is 1. The third kappa shape index (κ3) is 3.96. The number of carbonyl (C=O) groups is 1. The van der Waals surface area contributed by atoms with Crippen molar-refractivity contribution in [2.24, 2.45) is 12.5 Å². The van der Waals surface area contributed by atoms with E-state index in [-0.39, 0.29) is 17.4 Å². The van der Waals surface area contributed by atoms with Gasteiger partial charge in [0.2, 0.25) is 5.91 Å². The molecule has 0 bridgehead atoms. The molecule has 0 fully saturated rings. The van der Waals surface area contributed by atoms with Gasteiger partial charge in [-0.3, -0.25) is 9.69 Å². The second-order valence-electron chi connectivity index (χ2n) is 8.01. The molecule has 0 radical (unpaired) electrons. The predicted molar refractivity (Wildman–Crippen MR) is 101 cm³/mol. The lowest BCUT2D eigenvalue weighted by Crippen LogP contribution is -2.44. The third-order valence-electron chi connectivity index (χ3n) is 5.06. The van der Waals surface area contributed by atoms with Gasteiger partial charge in [0.15, 0.2) is 0 Å². The van der Waals surface area contributed by atoms with Gasteiger partial charge in [-0.15, -0.1) is 0 Å². The van der Waals surface area contributed by atoms with Gasteiger partial charge in [-0.25, -0.2) is 0 Å². The van der Waals surface area contributed by atoms with Crippen LogP contribution in [0.2, 0.25) is 0 Å². The number of fused-ring (bicyclic) bond motifs is 1. The number of hydrogen-bond acceptors (Lipinski definition) is 2. The maximum Gasteiger partial charge on any atom is 0.225 e. The number of nitrogens with zero attached hydrogens (tertiary/aromatic N) is 2. The van der Waals surface area contributed by atoms with Crippen molar-refractivity contribution in [3.63, 3.8) is 0 Å². The molecule has 0 spiro atoms. The Labute approximate surface area is 150 Å². The summed E-state index contributed by atoms with van der Waals surface area (Å²) in [5, 5.41) is 3.17. The molecule has 1 aromatic carbocycles. The minimum atomic E-state index is -0.368. The van der Waals surface area contributed by atoms with Crippen molar-refractivity contribution < 1.29 is 4.79 Å². The van der Waals surface area contributed by atoms with Crippen LogP contribution in [0.1, 0.15) is 43.6 Å². The lowest BCUT2D eigenvalue weighted by atomic mass is 9.95. The topological polar surface area (TPSA) is 37.3 Å². The van der Waals surface area contributed by atoms with Crippen LogP contribution in [0, 0.1) is 5.41 Å². The van der Waals surface area contributed by atoms with Gasteiger partial charge in [0.25, 0.3) is 0 Å². The Hall–Kier alpha value is -2.07. The Morgan fingerprint density at radius 1 is 1.16 bits per heavy atom. The van der Waals surface area contributed by atoms with Gasteiger partial charge >= 0.3 is 0 Å². The average Bonchev–Trinajstić information content (AvgIpc) is 3.00. The van der Waals surface area contributed by atoms with Crippen molar-refractivity contribution in [1.29, 1.82) is 0 Å². The Bertz CT molecular complexity index is 742. The summed E-state index contributed by atoms with van der Waals surface area (Å²) in [4.78, 5) is 14.9. The van der Waals surface area contributed by atoms with Crippen LogP contribution in [-0.2, 0) is 24.8 Å². The molecule has 1 aliphatic rings. The maximum atomic E-state index is 12.4. The van der Waals surface area contributed by atoms with E-state index in [0.29, 0.717) is 6.54 Å². The Morgan fingerprint density at radius 3 is 2.52 bits per heavy atom. The molecule has 1 N–H and O–H groups in total. The van der Waals surface area contributed by atoms with Crippen LogP contribution in [0.3, 0.4) is 0 Å². The van der Waals surface area contributed by atoms with Crippen molar-refractivity contribution in [3.05, 3.63) is 59.4 Å². The first kappa shape index (κ1) is 17.7. The first-order valence-corrected chi connectivity index (χ1v) is 9.06. The molecule has 2 heterocycles. The van der Waals surface area contributed by atoms with Crippen molar-refractivity contribution in [2.75, 3.05) is 13.1 Å². The molecule has 4 nitrogen and oxygen atoms in total. The number of aromatic nitrogens is 1. The quantitative estimate of drug-likeness (QED) is 0.928. The Balaban J connectivity index is 1.80. The van der Waals surface area contributed by atoms with E-state index in [0.717, 1.165) is 19.5 Å². The van der Waals surface area contributed by atoms with Crippen LogP contribution in [0.5, 0.6) is 0 Å². The van der Waals surface area contributed by atoms with Crippen LogP contribution in [0.15, 0.2) is 42.6 Å². The molecule has 1 unspecified atom stereocenters. The van der Waals surface area contributed by atoms with Gasteiger partial charge in [0.1, 0.15) is 0 Å². The molecular weight excluding hydrogens is 310 g/mol. The summed E-state index contributed by atoms with van der Waals surface area (Å²) >= 11 is 0. The highest BCUT2D eigenvalue weighted by molar-refractivity contribution is 5.81. The predicted octanol–water partition coefficient (Wildman–Crippen LogP) is 3.29. The number of benzene rings is 1. The summed E-state index contributed by atoms with van der Waals surface area (Å²) in [5.74, 6) is 0.101. The fourth-order valence-corrected chi connectivity index (χ4v) is 3.48. The molecular formula is C21H29N3O. The number of aryl methyl sites for hydroxylation is 1. The second kappa shape index (κ2) is 7.04. The Morgan fingerprint density at radius 2 is 1.88 bits per heavy atom. The van der Waals surface area contributed by atoms with Gasteiger partial charge in [-0.1, -0.05) is 45.0 Å². The van der Waals surface area contributed by atoms with Gasteiger partial charge in [-0.2, -0.15) is 0 Å². The normalized spacial score (nSPS) is 16.3. The smallest absolute Gasteiger partial charge is 0.225 e. The zero-order valence-electron chi connectivity index (χ0n) is 15.7. The molecule has 4 heteroatoms. The van der Waals surface area contributed by atoms with Crippen molar-refractivity contribution in [3.8, 4) is 0 Å². The second-order valence-corrected chi connectivity index (χ2v) is 8.01. The van der Waals surface area contributed by atoms with E-state index in [9.17, 15) is 4.79 Å². The fraction of sp³-hybridized carbons (Fsp3) is 0.476. The van der Waals surface area contributed by atoms with Crippen molar-refractivity contribution in [2.45, 2.75) is 39.8 Å². The standard InChI is InChI=1S/C21H29N3O/c1-21(2,3)20(25)22-14-19(18-10-7-12-23(18)4)24-13-11-16-8-5-6-9-17(16)15-24/h5-10,12,19H,11,13-15H2,1-4H3,(H,22,25). The molecule has 2 aromatic rings. The Kier molecular flexibility index (Phi) is 5.00. The monoisotopic (exact) mass is 339 g/mol. The first-order valence-electron chi connectivity index (χ1n) is 9.06. The minimum absolute atomic E-state index is 0.101. The summed E-state index contributed by atoms with van der Waals surface area (Å²) in [5.41, 5.74) is 3.72. The van der Waals surface area contributed by atoms with Gasteiger partial charge in [0, 0.05) is 44.0 Å².